The molecule has 14 heavy (non-hydrogen) atoms. The van der Waals surface area contributed by atoms with Crippen molar-refractivity contribution < 1.29 is 0 Å². The largest absolute Gasteiger partial charge is 0.383 e. The molecule has 0 unspecified atom stereocenters. The van der Waals surface area contributed by atoms with E-state index in [0.717, 1.165) is 0 Å². The monoisotopic (exact) mass is 194 g/mol. The SMILES string of the molecule is CN1NN=C(c2c(N)ncnc2N)N1. The summed E-state index contributed by atoms with van der Waals surface area (Å²) in [5.41, 5.74) is 17.4. The number of amidine groups is 1. The first kappa shape index (κ1) is 8.51. The highest BCUT2D eigenvalue weighted by Gasteiger charge is 2.18. The number of aromatic nitrogens is 2. The molecule has 0 aromatic carbocycles. The molecule has 0 fully saturated rings. The summed E-state index contributed by atoms with van der Waals surface area (Å²) < 4.78 is 0. The van der Waals surface area contributed by atoms with E-state index in [4.69, 9.17) is 11.5 Å². The molecule has 0 amide bonds. The third-order valence-electron chi connectivity index (χ3n) is 1.73. The third-order valence-corrected chi connectivity index (χ3v) is 1.73. The lowest BCUT2D eigenvalue weighted by Gasteiger charge is -2.09. The number of nitrogens with one attached hydrogen (secondary N) is 2. The zero-order valence-electron chi connectivity index (χ0n) is 7.52. The topological polar surface area (TPSA) is 117 Å². The smallest absolute Gasteiger partial charge is 0.178 e. The summed E-state index contributed by atoms with van der Waals surface area (Å²) in [6.07, 6.45) is 1.31. The number of hydrogen-bond acceptors (Lipinski definition) is 8. The standard InChI is InChI=1S/C6H10N8/c1-14-12-6(11-13-14)3-4(7)9-2-10-5(3)8/h2,13H,1H3,(H,11,12)(H4,7,8,9,10). The molecule has 0 saturated carbocycles. The Labute approximate surface area is 79.9 Å². The van der Waals surface area contributed by atoms with Crippen LogP contribution in [0.3, 0.4) is 0 Å². The number of anilines is 2. The molecule has 0 spiro atoms. The molecule has 0 aliphatic carbocycles. The van der Waals surface area contributed by atoms with Gasteiger partial charge in [0.1, 0.15) is 23.5 Å². The molecule has 1 aliphatic rings. The predicted molar refractivity (Wildman–Crippen MR) is 51.4 cm³/mol. The number of rotatable bonds is 1. The van der Waals surface area contributed by atoms with Crippen molar-refractivity contribution >= 4 is 17.5 Å². The molecular formula is C6H10N8. The summed E-state index contributed by atoms with van der Waals surface area (Å²) in [6.45, 7) is 0. The van der Waals surface area contributed by atoms with Crippen molar-refractivity contribution in [1.82, 2.24) is 26.0 Å². The molecule has 2 rings (SSSR count). The van der Waals surface area contributed by atoms with Gasteiger partial charge in [0.05, 0.1) is 0 Å². The third kappa shape index (κ3) is 1.27. The van der Waals surface area contributed by atoms with Crippen LogP contribution in [0, 0.1) is 0 Å². The van der Waals surface area contributed by atoms with Gasteiger partial charge < -0.3 is 11.5 Å². The molecule has 0 saturated heterocycles. The number of nitrogens with zero attached hydrogens (tertiary/aromatic N) is 4. The van der Waals surface area contributed by atoms with E-state index in [0.29, 0.717) is 23.0 Å². The van der Waals surface area contributed by atoms with E-state index in [1.165, 1.54) is 6.33 Å². The van der Waals surface area contributed by atoms with Crippen molar-refractivity contribution in [2.24, 2.45) is 5.10 Å². The molecule has 6 N–H and O–H groups in total. The number of hydrazine groups is 2. The average molecular weight is 194 g/mol. The van der Waals surface area contributed by atoms with E-state index in [-0.39, 0.29) is 0 Å². The van der Waals surface area contributed by atoms with Crippen LogP contribution in [0.2, 0.25) is 0 Å². The molecule has 1 aliphatic heterocycles. The number of hydrogen-bond donors (Lipinski definition) is 4. The lowest BCUT2D eigenvalue weighted by molar-refractivity contribution is 0.232. The van der Waals surface area contributed by atoms with Crippen LogP contribution < -0.4 is 22.4 Å². The highest BCUT2D eigenvalue weighted by Crippen LogP contribution is 2.14. The minimum atomic E-state index is 0.292. The van der Waals surface area contributed by atoms with Crippen LogP contribution in [0.5, 0.6) is 0 Å². The van der Waals surface area contributed by atoms with Crippen LogP contribution in [0.1, 0.15) is 5.56 Å². The molecule has 8 nitrogen and oxygen atoms in total. The Morgan fingerprint density at radius 3 is 2.43 bits per heavy atom. The summed E-state index contributed by atoms with van der Waals surface area (Å²) in [7, 11) is 1.76. The van der Waals surface area contributed by atoms with E-state index in [2.05, 4.69) is 26.0 Å². The molecule has 1 aromatic heterocycles. The van der Waals surface area contributed by atoms with Crippen LogP contribution >= 0.6 is 0 Å². The maximum Gasteiger partial charge on any atom is 0.178 e. The predicted octanol–water partition coefficient (Wildman–Crippen LogP) is -1.74. The lowest BCUT2D eigenvalue weighted by Crippen LogP contribution is -2.38. The Hall–Kier alpha value is -2.09. The quantitative estimate of drug-likeness (QED) is 0.419. The van der Waals surface area contributed by atoms with Crippen LogP contribution in [-0.4, -0.2) is 28.0 Å². The zero-order chi connectivity index (χ0) is 10.1. The zero-order valence-corrected chi connectivity index (χ0v) is 7.52. The van der Waals surface area contributed by atoms with Crippen molar-refractivity contribution in [3.63, 3.8) is 0 Å². The van der Waals surface area contributed by atoms with Gasteiger partial charge in [0, 0.05) is 7.05 Å². The maximum atomic E-state index is 5.65. The molecule has 2 heterocycles. The second kappa shape index (κ2) is 3.00. The van der Waals surface area contributed by atoms with Gasteiger partial charge in [0.25, 0.3) is 0 Å². The van der Waals surface area contributed by atoms with E-state index in [1.54, 1.807) is 12.2 Å². The van der Waals surface area contributed by atoms with Crippen molar-refractivity contribution in [2.45, 2.75) is 0 Å². The van der Waals surface area contributed by atoms with Crippen LogP contribution in [0.15, 0.2) is 11.4 Å². The number of nitrogen functional groups attached to an aromatic ring is 2. The van der Waals surface area contributed by atoms with Crippen LogP contribution in [-0.2, 0) is 0 Å². The van der Waals surface area contributed by atoms with Gasteiger partial charge in [-0.25, -0.2) is 15.5 Å². The first-order chi connectivity index (χ1) is 6.68. The van der Waals surface area contributed by atoms with Crippen molar-refractivity contribution in [2.75, 3.05) is 18.5 Å². The normalized spacial score (nSPS) is 15.9. The second-order valence-electron chi connectivity index (χ2n) is 2.75. The van der Waals surface area contributed by atoms with Gasteiger partial charge in [0.15, 0.2) is 5.84 Å². The highest BCUT2D eigenvalue weighted by atomic mass is 15.9. The van der Waals surface area contributed by atoms with Crippen LogP contribution in [0.25, 0.3) is 0 Å². The fraction of sp³-hybridized carbons (Fsp3) is 0.167. The molecule has 74 valence electrons. The van der Waals surface area contributed by atoms with Gasteiger partial charge in [-0.3, -0.25) is 5.43 Å². The van der Waals surface area contributed by atoms with E-state index in [1.807, 2.05) is 0 Å². The van der Waals surface area contributed by atoms with E-state index >= 15 is 0 Å². The first-order valence-corrected chi connectivity index (χ1v) is 3.88. The fourth-order valence-corrected chi connectivity index (χ4v) is 1.10. The molecular weight excluding hydrogens is 184 g/mol. The van der Waals surface area contributed by atoms with Gasteiger partial charge in [-0.2, -0.15) is 0 Å². The van der Waals surface area contributed by atoms with Crippen molar-refractivity contribution in [1.29, 1.82) is 0 Å². The van der Waals surface area contributed by atoms with Gasteiger partial charge >= 0.3 is 0 Å². The Morgan fingerprint density at radius 1 is 1.29 bits per heavy atom. The Kier molecular flexibility index (Phi) is 1.82. The average Bonchev–Trinajstić information content (AvgIpc) is 2.51. The molecule has 0 bridgehead atoms. The Morgan fingerprint density at radius 2 is 1.93 bits per heavy atom. The lowest BCUT2D eigenvalue weighted by atomic mass is 10.2. The van der Waals surface area contributed by atoms with Gasteiger partial charge in [-0.05, 0) is 0 Å². The molecule has 0 atom stereocenters. The molecule has 8 heteroatoms. The fourth-order valence-electron chi connectivity index (χ4n) is 1.10. The number of nitrogens with two attached hydrogens (primary N) is 2. The molecule has 0 radical (unpaired) electrons. The van der Waals surface area contributed by atoms with E-state index in [9.17, 15) is 0 Å². The summed E-state index contributed by atoms with van der Waals surface area (Å²) in [6, 6.07) is 0. The maximum absolute atomic E-state index is 5.65. The summed E-state index contributed by atoms with van der Waals surface area (Å²) in [4.78, 5) is 7.66. The summed E-state index contributed by atoms with van der Waals surface area (Å²) in [5, 5.41) is 5.51. The summed E-state index contributed by atoms with van der Waals surface area (Å²) >= 11 is 0. The van der Waals surface area contributed by atoms with Gasteiger partial charge in [0.2, 0.25) is 0 Å². The molecule has 1 aromatic rings. The van der Waals surface area contributed by atoms with Crippen LogP contribution in [0.4, 0.5) is 11.6 Å². The first-order valence-electron chi connectivity index (χ1n) is 3.88. The summed E-state index contributed by atoms with van der Waals surface area (Å²) in [5.74, 6) is 1.09. The minimum absolute atomic E-state index is 0.292. The van der Waals surface area contributed by atoms with Gasteiger partial charge in [-0.15, -0.1) is 10.2 Å². The van der Waals surface area contributed by atoms with Gasteiger partial charge in [-0.1, -0.05) is 0 Å². The Bertz CT molecular complexity index is 365. The minimum Gasteiger partial charge on any atom is -0.383 e. The second-order valence-corrected chi connectivity index (χ2v) is 2.75. The Balaban J connectivity index is 2.42. The van der Waals surface area contributed by atoms with E-state index < -0.39 is 0 Å². The highest BCUT2D eigenvalue weighted by molar-refractivity contribution is 6.06. The van der Waals surface area contributed by atoms with Crippen molar-refractivity contribution in [3.05, 3.63) is 11.9 Å². The number of hydrazone groups is 1. The van der Waals surface area contributed by atoms with Crippen molar-refractivity contribution in [3.8, 4) is 0 Å².